The highest BCUT2D eigenvalue weighted by molar-refractivity contribution is 6.06. The van der Waals surface area contributed by atoms with Gasteiger partial charge in [-0.05, 0) is 66.6 Å². The fourth-order valence-electron chi connectivity index (χ4n) is 7.79. The summed E-state index contributed by atoms with van der Waals surface area (Å²) in [6.07, 6.45) is 2.12. The highest BCUT2D eigenvalue weighted by Crippen LogP contribution is 2.64. The lowest BCUT2D eigenvalue weighted by Crippen LogP contribution is -2.56. The third kappa shape index (κ3) is 4.48. The number of amides is 3. The van der Waals surface area contributed by atoms with E-state index in [1.165, 1.54) is 0 Å². The highest BCUT2D eigenvalue weighted by atomic mass is 16.5. The number of anilines is 2. The van der Waals surface area contributed by atoms with Gasteiger partial charge in [0.15, 0.2) is 0 Å². The number of carbonyl (C=O) groups is 3. The Balaban J connectivity index is 1.40. The Bertz CT molecular complexity index is 1510. The van der Waals surface area contributed by atoms with E-state index in [2.05, 4.69) is 10.6 Å². The number of nitrogens with one attached hydrogen (secondary N) is 2. The third-order valence-corrected chi connectivity index (χ3v) is 9.56. The van der Waals surface area contributed by atoms with E-state index in [0.717, 1.165) is 10.8 Å². The number of rotatable bonds is 9. The molecular formula is C34H39N3O5. The van der Waals surface area contributed by atoms with Gasteiger partial charge in [-0.25, -0.2) is 0 Å². The molecule has 8 heteroatoms. The van der Waals surface area contributed by atoms with Crippen molar-refractivity contribution in [2.24, 2.45) is 17.8 Å². The number of ether oxygens (including phenoxy) is 1. The lowest BCUT2D eigenvalue weighted by Gasteiger charge is -2.37. The van der Waals surface area contributed by atoms with Gasteiger partial charge in [-0.2, -0.15) is 0 Å². The average molecular weight is 570 g/mol. The lowest BCUT2D eigenvalue weighted by atomic mass is 9.65. The van der Waals surface area contributed by atoms with Crippen LogP contribution in [-0.4, -0.2) is 57.6 Å². The summed E-state index contributed by atoms with van der Waals surface area (Å²) in [4.78, 5) is 44.3. The predicted octanol–water partition coefficient (Wildman–Crippen LogP) is 4.98. The maximum atomic E-state index is 14.5. The number of hydrogen-bond donors (Lipinski definition) is 3. The Hall–Kier alpha value is -3.75. The Labute approximate surface area is 246 Å². The van der Waals surface area contributed by atoms with Crippen molar-refractivity contribution < 1.29 is 24.2 Å². The summed E-state index contributed by atoms with van der Waals surface area (Å²) in [6.45, 7) is 5.74. The van der Waals surface area contributed by atoms with Gasteiger partial charge in [0.1, 0.15) is 11.6 Å². The van der Waals surface area contributed by atoms with Crippen molar-refractivity contribution in [3.05, 3.63) is 72.8 Å². The molecule has 3 amide bonds. The van der Waals surface area contributed by atoms with E-state index in [4.69, 9.17) is 4.74 Å². The summed E-state index contributed by atoms with van der Waals surface area (Å²) in [5, 5.41) is 18.6. The van der Waals surface area contributed by atoms with E-state index in [-0.39, 0.29) is 30.2 Å². The molecule has 3 saturated heterocycles. The second kappa shape index (κ2) is 10.8. The maximum Gasteiger partial charge on any atom is 0.250 e. The zero-order valence-corrected chi connectivity index (χ0v) is 24.4. The number of benzene rings is 3. The van der Waals surface area contributed by atoms with E-state index >= 15 is 0 Å². The molecule has 0 saturated carbocycles. The molecule has 2 unspecified atom stereocenters. The van der Waals surface area contributed by atoms with Gasteiger partial charge in [0.25, 0.3) is 0 Å². The number of para-hydroxylation sites is 1. The molecule has 0 aliphatic carbocycles. The van der Waals surface area contributed by atoms with Crippen molar-refractivity contribution in [2.45, 2.75) is 69.7 Å². The Kier molecular flexibility index (Phi) is 7.31. The van der Waals surface area contributed by atoms with Crippen molar-refractivity contribution in [3.8, 4) is 0 Å². The van der Waals surface area contributed by atoms with Gasteiger partial charge in [-0.15, -0.1) is 0 Å². The largest absolute Gasteiger partial charge is 0.394 e. The fourth-order valence-corrected chi connectivity index (χ4v) is 7.79. The average Bonchev–Trinajstić information content (AvgIpc) is 3.59. The lowest BCUT2D eigenvalue weighted by molar-refractivity contribution is -0.148. The molecule has 2 bridgehead atoms. The predicted molar refractivity (Wildman–Crippen MR) is 162 cm³/mol. The summed E-state index contributed by atoms with van der Waals surface area (Å²) >= 11 is 0. The van der Waals surface area contributed by atoms with Crippen molar-refractivity contribution in [1.29, 1.82) is 0 Å². The zero-order chi connectivity index (χ0) is 29.6. The number of hydrogen-bond acceptors (Lipinski definition) is 5. The number of nitrogens with zero attached hydrogens (tertiary/aromatic N) is 1. The first kappa shape index (κ1) is 28.4. The van der Waals surface area contributed by atoms with Gasteiger partial charge in [0, 0.05) is 11.4 Å². The summed E-state index contributed by atoms with van der Waals surface area (Å²) < 4.78 is 6.87. The second-order valence-corrected chi connectivity index (χ2v) is 12.5. The first-order valence-corrected chi connectivity index (χ1v) is 15.0. The smallest absolute Gasteiger partial charge is 0.250 e. The van der Waals surface area contributed by atoms with E-state index in [0.29, 0.717) is 37.1 Å². The molecule has 3 N–H and O–H groups in total. The molecule has 0 aromatic heterocycles. The molecule has 3 heterocycles. The van der Waals surface area contributed by atoms with Crippen LogP contribution in [0.5, 0.6) is 0 Å². The molecule has 42 heavy (non-hydrogen) atoms. The van der Waals surface area contributed by atoms with Gasteiger partial charge < -0.3 is 25.4 Å². The number of carbonyl (C=O) groups excluding carboxylic acids is 3. The van der Waals surface area contributed by atoms with Gasteiger partial charge in [-0.3, -0.25) is 14.4 Å². The van der Waals surface area contributed by atoms with E-state index < -0.39 is 35.1 Å². The minimum atomic E-state index is -1.17. The van der Waals surface area contributed by atoms with Crippen LogP contribution in [0.2, 0.25) is 0 Å². The van der Waals surface area contributed by atoms with Gasteiger partial charge in [-0.1, -0.05) is 69.3 Å². The van der Waals surface area contributed by atoms with Crippen LogP contribution < -0.4 is 10.6 Å². The molecule has 3 aromatic rings. The SMILES string of the molecule is CC[C@]12CCC3(O1)C(C(=O)Nc1ccc4ccccc4c1)N([C@@H](CO)CC(C)C)C(=O)[C@@H]3[C@H]2C(=O)Nc1ccccc1. The van der Waals surface area contributed by atoms with Crippen LogP contribution in [0.1, 0.15) is 46.5 Å². The van der Waals surface area contributed by atoms with E-state index in [1.54, 1.807) is 4.90 Å². The summed E-state index contributed by atoms with van der Waals surface area (Å²) in [5.74, 6) is -2.35. The van der Waals surface area contributed by atoms with Crippen LogP contribution in [0.3, 0.4) is 0 Å². The quantitative estimate of drug-likeness (QED) is 0.337. The van der Waals surface area contributed by atoms with Crippen LogP contribution in [0.4, 0.5) is 11.4 Å². The van der Waals surface area contributed by atoms with Crippen molar-refractivity contribution >= 4 is 39.9 Å². The Morgan fingerprint density at radius 3 is 2.33 bits per heavy atom. The molecular weight excluding hydrogens is 530 g/mol. The fraction of sp³-hybridized carbons (Fsp3) is 0.441. The van der Waals surface area contributed by atoms with Gasteiger partial charge in [0.05, 0.1) is 30.1 Å². The standard InChI is InChI=1S/C34H39N3O5/c1-4-33-16-17-34(42-33)28(27(33)30(39)35-24-12-6-5-7-13-24)32(41)37(26(20-38)18-21(2)3)29(34)31(40)36-25-15-14-22-10-8-9-11-23(22)19-25/h5-15,19,21,26-29,38H,4,16-18,20H2,1-3H3,(H,35,39)(H,36,40)/t26-,27+,28+,29?,33-,34?/m1/s1. The molecule has 3 aliphatic rings. The van der Waals surface area contributed by atoms with Crippen molar-refractivity contribution in [1.82, 2.24) is 4.90 Å². The number of fused-ring (bicyclic) bond motifs is 2. The molecule has 3 aromatic carbocycles. The normalized spacial score (nSPS) is 28.7. The first-order valence-electron chi connectivity index (χ1n) is 15.0. The van der Waals surface area contributed by atoms with Crippen LogP contribution in [0.25, 0.3) is 10.8 Å². The molecule has 3 fully saturated rings. The van der Waals surface area contributed by atoms with Crippen molar-refractivity contribution in [2.75, 3.05) is 17.2 Å². The molecule has 6 atom stereocenters. The molecule has 220 valence electrons. The summed E-state index contributed by atoms with van der Waals surface area (Å²) in [5.41, 5.74) is -0.755. The molecule has 6 rings (SSSR count). The van der Waals surface area contributed by atoms with Crippen LogP contribution >= 0.6 is 0 Å². The minimum absolute atomic E-state index is 0.175. The topological polar surface area (TPSA) is 108 Å². The van der Waals surface area contributed by atoms with E-state index in [9.17, 15) is 19.5 Å². The van der Waals surface area contributed by atoms with Gasteiger partial charge >= 0.3 is 0 Å². The molecule has 1 spiro atoms. The monoisotopic (exact) mass is 569 g/mol. The molecule has 0 radical (unpaired) electrons. The summed E-state index contributed by atoms with van der Waals surface area (Å²) in [6, 6.07) is 21.2. The summed E-state index contributed by atoms with van der Waals surface area (Å²) in [7, 11) is 0. The van der Waals surface area contributed by atoms with Crippen LogP contribution in [-0.2, 0) is 19.1 Å². The number of likely N-dealkylation sites (tertiary alicyclic amines) is 1. The molecule has 8 nitrogen and oxygen atoms in total. The number of aliphatic hydroxyl groups excluding tert-OH is 1. The Morgan fingerprint density at radius 1 is 0.952 bits per heavy atom. The molecule has 3 aliphatic heterocycles. The van der Waals surface area contributed by atoms with E-state index in [1.807, 2.05) is 93.6 Å². The highest BCUT2D eigenvalue weighted by Gasteiger charge is 2.79. The first-order chi connectivity index (χ1) is 20.2. The third-order valence-electron chi connectivity index (χ3n) is 9.56. The van der Waals surface area contributed by atoms with Gasteiger partial charge in [0.2, 0.25) is 17.7 Å². The zero-order valence-electron chi connectivity index (χ0n) is 24.4. The minimum Gasteiger partial charge on any atom is -0.394 e. The second-order valence-electron chi connectivity index (χ2n) is 12.5. The Morgan fingerprint density at radius 2 is 1.64 bits per heavy atom. The number of aliphatic hydroxyl groups is 1. The van der Waals surface area contributed by atoms with Crippen molar-refractivity contribution in [3.63, 3.8) is 0 Å². The maximum absolute atomic E-state index is 14.5. The van der Waals surface area contributed by atoms with Crippen LogP contribution in [0.15, 0.2) is 72.8 Å². The van der Waals surface area contributed by atoms with Crippen LogP contribution in [0, 0.1) is 17.8 Å².